The van der Waals surface area contributed by atoms with Crippen LogP contribution in [0, 0.1) is 35.3 Å². The molecule has 0 N–H and O–H groups in total. The second kappa shape index (κ2) is 11.3. The smallest absolute Gasteiger partial charge is 0.162 e. The molecule has 3 atom stereocenters. The third-order valence-corrected chi connectivity index (χ3v) is 9.13. The molecule has 4 rings (SSSR count). The van der Waals surface area contributed by atoms with E-state index in [1.54, 1.807) is 5.57 Å². The van der Waals surface area contributed by atoms with Crippen molar-refractivity contribution in [1.29, 1.82) is 0 Å². The lowest BCUT2D eigenvalue weighted by Crippen LogP contribution is -2.16. The molecule has 1 aromatic carbocycles. The van der Waals surface area contributed by atoms with Crippen molar-refractivity contribution in [2.24, 2.45) is 23.7 Å². The first-order valence-corrected chi connectivity index (χ1v) is 13.8. The van der Waals surface area contributed by atoms with Crippen LogP contribution in [0.15, 0.2) is 23.8 Å². The number of allylic oxidation sites excluding steroid dienone is 2. The third-order valence-electron chi connectivity index (χ3n) is 9.13. The van der Waals surface area contributed by atoms with Crippen LogP contribution in [-0.4, -0.2) is 0 Å². The Morgan fingerprint density at radius 3 is 2.38 bits per heavy atom. The number of rotatable bonds is 10. The number of halogens is 2. The number of hydrogen-bond acceptors (Lipinski definition) is 0. The van der Waals surface area contributed by atoms with E-state index in [0.717, 1.165) is 55.8 Å². The van der Waals surface area contributed by atoms with Gasteiger partial charge in [0.05, 0.1) is 0 Å². The minimum absolute atomic E-state index is 0.199. The Kier molecular flexibility index (Phi) is 8.46. The maximum atomic E-state index is 14.8. The molecule has 0 heterocycles. The van der Waals surface area contributed by atoms with Gasteiger partial charge >= 0.3 is 0 Å². The fourth-order valence-electron chi connectivity index (χ4n) is 7.23. The zero-order valence-electron chi connectivity index (χ0n) is 20.5. The van der Waals surface area contributed by atoms with E-state index in [1.807, 2.05) is 12.1 Å². The lowest BCUT2D eigenvalue weighted by molar-refractivity contribution is 0.298. The summed E-state index contributed by atoms with van der Waals surface area (Å²) in [6.45, 7) is 4.46. The lowest BCUT2D eigenvalue weighted by Gasteiger charge is -2.30. The standard InChI is InChI=1S/C30H44F2/c1-3-5-6-8-25-17-20-28(30(32)29(25)31)24-13-10-21(11-14-24)9-12-23-16-19-26-22(7-4-2)15-18-27(23)26/h16-17,20-22,24,26-27H,3-15,18-19H2,1-2H3. The van der Waals surface area contributed by atoms with E-state index in [9.17, 15) is 8.78 Å². The summed E-state index contributed by atoms with van der Waals surface area (Å²) in [5, 5.41) is 0. The monoisotopic (exact) mass is 442 g/mol. The van der Waals surface area contributed by atoms with Crippen molar-refractivity contribution in [3.05, 3.63) is 46.5 Å². The highest BCUT2D eigenvalue weighted by atomic mass is 19.2. The molecule has 0 radical (unpaired) electrons. The molecule has 0 nitrogen and oxygen atoms in total. The van der Waals surface area contributed by atoms with Crippen molar-refractivity contribution in [3.8, 4) is 0 Å². The van der Waals surface area contributed by atoms with Gasteiger partial charge in [0, 0.05) is 0 Å². The summed E-state index contributed by atoms with van der Waals surface area (Å²) in [5.41, 5.74) is 2.96. The van der Waals surface area contributed by atoms with Crippen molar-refractivity contribution in [1.82, 2.24) is 0 Å². The molecule has 0 aromatic heterocycles. The predicted octanol–water partition coefficient (Wildman–Crippen LogP) is 9.52. The molecule has 1 aromatic rings. The predicted molar refractivity (Wildman–Crippen MR) is 131 cm³/mol. The van der Waals surface area contributed by atoms with Crippen LogP contribution >= 0.6 is 0 Å². The Morgan fingerprint density at radius 1 is 0.812 bits per heavy atom. The largest absolute Gasteiger partial charge is 0.203 e. The fraction of sp³-hybridized carbons (Fsp3) is 0.733. The Bertz CT molecular complexity index is 771. The van der Waals surface area contributed by atoms with Crippen molar-refractivity contribution in [2.45, 2.75) is 116 Å². The number of fused-ring (bicyclic) bond motifs is 1. The van der Waals surface area contributed by atoms with Crippen molar-refractivity contribution < 1.29 is 8.78 Å². The first kappa shape index (κ1) is 24.0. The molecule has 2 fully saturated rings. The van der Waals surface area contributed by atoms with Gasteiger partial charge in [0.2, 0.25) is 0 Å². The van der Waals surface area contributed by atoms with Crippen LogP contribution < -0.4 is 0 Å². The first-order chi connectivity index (χ1) is 15.6. The summed E-state index contributed by atoms with van der Waals surface area (Å²) in [6.07, 6.45) is 20.3. The average Bonchev–Trinajstić information content (AvgIpc) is 3.39. The maximum Gasteiger partial charge on any atom is 0.162 e. The van der Waals surface area contributed by atoms with Gasteiger partial charge in [-0.1, -0.05) is 63.3 Å². The van der Waals surface area contributed by atoms with Gasteiger partial charge in [-0.15, -0.1) is 0 Å². The average molecular weight is 443 g/mol. The van der Waals surface area contributed by atoms with E-state index < -0.39 is 11.6 Å². The highest BCUT2D eigenvalue weighted by molar-refractivity contribution is 5.29. The lowest BCUT2D eigenvalue weighted by atomic mass is 9.76. The zero-order valence-corrected chi connectivity index (χ0v) is 20.5. The van der Waals surface area contributed by atoms with Crippen LogP contribution in [0.3, 0.4) is 0 Å². The molecule has 3 unspecified atom stereocenters. The van der Waals surface area contributed by atoms with Gasteiger partial charge in [-0.05, 0) is 111 Å². The number of benzene rings is 1. The van der Waals surface area contributed by atoms with E-state index in [-0.39, 0.29) is 5.92 Å². The van der Waals surface area contributed by atoms with Crippen LogP contribution in [-0.2, 0) is 6.42 Å². The van der Waals surface area contributed by atoms with E-state index in [1.165, 1.54) is 57.8 Å². The van der Waals surface area contributed by atoms with Gasteiger partial charge in [0.25, 0.3) is 0 Å². The summed E-state index contributed by atoms with van der Waals surface area (Å²) >= 11 is 0. The molecule has 32 heavy (non-hydrogen) atoms. The molecule has 3 aliphatic carbocycles. The van der Waals surface area contributed by atoms with Gasteiger partial charge in [0.1, 0.15) is 0 Å². The van der Waals surface area contributed by atoms with Crippen LogP contribution in [0.1, 0.15) is 121 Å². The van der Waals surface area contributed by atoms with E-state index >= 15 is 0 Å². The van der Waals surface area contributed by atoms with Gasteiger partial charge in [-0.25, -0.2) is 8.78 Å². The van der Waals surface area contributed by atoms with E-state index in [4.69, 9.17) is 0 Å². The van der Waals surface area contributed by atoms with Crippen molar-refractivity contribution >= 4 is 0 Å². The number of hydrogen-bond donors (Lipinski definition) is 0. The summed E-state index contributed by atoms with van der Waals surface area (Å²) in [7, 11) is 0. The highest BCUT2D eigenvalue weighted by Gasteiger charge is 2.39. The van der Waals surface area contributed by atoms with E-state index in [0.29, 0.717) is 17.5 Å². The topological polar surface area (TPSA) is 0 Å². The third kappa shape index (κ3) is 5.31. The molecule has 2 heteroatoms. The molecular formula is C30H44F2. The second-order valence-corrected chi connectivity index (χ2v) is 11.1. The number of unbranched alkanes of at least 4 members (excludes halogenated alkanes) is 2. The Balaban J connectivity index is 1.25. The van der Waals surface area contributed by atoms with Crippen LogP contribution in [0.25, 0.3) is 0 Å². The minimum Gasteiger partial charge on any atom is -0.203 e. The molecule has 0 amide bonds. The van der Waals surface area contributed by atoms with Gasteiger partial charge in [0.15, 0.2) is 11.6 Å². The van der Waals surface area contributed by atoms with E-state index in [2.05, 4.69) is 19.9 Å². The normalized spacial score (nSPS) is 29.9. The molecule has 0 spiro atoms. The second-order valence-electron chi connectivity index (χ2n) is 11.1. The van der Waals surface area contributed by atoms with Crippen LogP contribution in [0.4, 0.5) is 8.78 Å². The minimum atomic E-state index is -0.582. The van der Waals surface area contributed by atoms with Crippen LogP contribution in [0.2, 0.25) is 0 Å². The molecule has 178 valence electrons. The van der Waals surface area contributed by atoms with Gasteiger partial charge in [-0.3, -0.25) is 0 Å². The summed E-state index contributed by atoms with van der Waals surface area (Å²) in [6, 6.07) is 3.74. The molecule has 0 aliphatic heterocycles. The Morgan fingerprint density at radius 2 is 1.62 bits per heavy atom. The molecule has 3 aliphatic rings. The van der Waals surface area contributed by atoms with Crippen molar-refractivity contribution in [2.75, 3.05) is 0 Å². The first-order valence-electron chi connectivity index (χ1n) is 13.8. The summed E-state index contributed by atoms with van der Waals surface area (Å²) in [5.74, 6) is 2.63. The summed E-state index contributed by atoms with van der Waals surface area (Å²) < 4.78 is 29.5. The van der Waals surface area contributed by atoms with Gasteiger partial charge in [-0.2, -0.15) is 0 Å². The molecular weight excluding hydrogens is 398 g/mol. The van der Waals surface area contributed by atoms with Crippen LogP contribution in [0.5, 0.6) is 0 Å². The molecule has 0 bridgehead atoms. The molecule has 0 saturated heterocycles. The SMILES string of the molecule is CCCCCc1ccc(C2CCC(CCC3=CCC4C(CCC)CCC34)CC2)c(F)c1F. The fourth-order valence-corrected chi connectivity index (χ4v) is 7.23. The highest BCUT2D eigenvalue weighted by Crippen LogP contribution is 2.51. The maximum absolute atomic E-state index is 14.8. The Hall–Kier alpha value is -1.18. The van der Waals surface area contributed by atoms with Crippen molar-refractivity contribution in [3.63, 3.8) is 0 Å². The quantitative estimate of drug-likeness (QED) is 0.250. The zero-order chi connectivity index (χ0) is 22.5. The Labute approximate surface area is 195 Å². The summed E-state index contributed by atoms with van der Waals surface area (Å²) in [4.78, 5) is 0. The molecule has 2 saturated carbocycles. The number of aryl methyl sites for hydroxylation is 1. The van der Waals surface area contributed by atoms with Gasteiger partial charge < -0.3 is 0 Å².